The lowest BCUT2D eigenvalue weighted by Crippen LogP contribution is -2.62. The van der Waals surface area contributed by atoms with Gasteiger partial charge in [0.2, 0.25) is 23.6 Å². The molecule has 272 valence electrons. The number of ether oxygens (including phenoxy) is 2. The monoisotopic (exact) mass is 686 g/mol. The van der Waals surface area contributed by atoms with Crippen molar-refractivity contribution in [2.24, 2.45) is 11.3 Å². The quantitative estimate of drug-likeness (QED) is 0.245. The van der Waals surface area contributed by atoms with Crippen molar-refractivity contribution in [2.45, 2.75) is 97.9 Å². The lowest BCUT2D eigenvalue weighted by Gasteiger charge is -2.53. The Morgan fingerprint density at radius 1 is 0.816 bits per heavy atom. The van der Waals surface area contributed by atoms with Gasteiger partial charge < -0.3 is 40.5 Å². The molecule has 0 aromatic heterocycles. The number of nitrogens with one attached hydrogen (secondary N) is 4. The highest BCUT2D eigenvalue weighted by atomic mass is 16.6. The first-order chi connectivity index (χ1) is 22.9. The van der Waals surface area contributed by atoms with Crippen LogP contribution in [0, 0.1) is 11.3 Å². The standard InChI is InChI=1S/C35H54N6O8/c1-23(2)17-26(30(44)37-20-29(43)40-15-13-35(14-16-40)21-41(22-35)33(47)48-24(3)4)38-28(42)19-36-31(45)27(18-25-11-9-8-10-12-25)39-32(46)49-34(5,6)7/h8-12,23-24,26-27H,13-22H2,1-7H3,(H,36,45)(H,37,44)(H,38,42)(H,39,46)/t26-,27-/m1/s1. The molecule has 2 heterocycles. The highest BCUT2D eigenvalue weighted by Crippen LogP contribution is 2.40. The van der Waals surface area contributed by atoms with E-state index >= 15 is 0 Å². The number of carbonyl (C=O) groups excluding carboxylic acids is 6. The maximum atomic E-state index is 13.1. The number of piperidine rings is 1. The molecule has 49 heavy (non-hydrogen) atoms. The van der Waals surface area contributed by atoms with Crippen molar-refractivity contribution in [1.82, 2.24) is 31.1 Å². The molecule has 2 fully saturated rings. The zero-order valence-electron chi connectivity index (χ0n) is 29.9. The number of hydrogen-bond acceptors (Lipinski definition) is 8. The Labute approximate surface area is 289 Å². The summed E-state index contributed by atoms with van der Waals surface area (Å²) in [6, 6.07) is 7.18. The van der Waals surface area contributed by atoms with E-state index in [0.717, 1.165) is 18.4 Å². The van der Waals surface area contributed by atoms with Gasteiger partial charge in [0.1, 0.15) is 17.7 Å². The van der Waals surface area contributed by atoms with E-state index in [2.05, 4.69) is 21.3 Å². The van der Waals surface area contributed by atoms with Crippen molar-refractivity contribution >= 4 is 35.8 Å². The Balaban J connectivity index is 1.48. The molecule has 4 N–H and O–H groups in total. The van der Waals surface area contributed by atoms with E-state index < -0.39 is 48.0 Å². The third kappa shape index (κ3) is 12.9. The molecule has 0 unspecified atom stereocenters. The fourth-order valence-electron chi connectivity index (χ4n) is 5.86. The number of carbonyl (C=O) groups is 6. The van der Waals surface area contributed by atoms with Gasteiger partial charge in [-0.2, -0.15) is 0 Å². The van der Waals surface area contributed by atoms with Crippen molar-refractivity contribution in [3.8, 4) is 0 Å². The molecular formula is C35H54N6O8. The number of alkyl carbamates (subject to hydrolysis) is 1. The highest BCUT2D eigenvalue weighted by Gasteiger charge is 2.48. The van der Waals surface area contributed by atoms with E-state index in [1.54, 1.807) is 30.6 Å². The van der Waals surface area contributed by atoms with Crippen LogP contribution in [0.15, 0.2) is 30.3 Å². The minimum atomic E-state index is -1.01. The van der Waals surface area contributed by atoms with Gasteiger partial charge in [-0.05, 0) is 65.4 Å². The molecule has 2 saturated heterocycles. The van der Waals surface area contributed by atoms with Crippen molar-refractivity contribution in [2.75, 3.05) is 39.3 Å². The van der Waals surface area contributed by atoms with Crippen molar-refractivity contribution in [1.29, 1.82) is 0 Å². The lowest BCUT2D eigenvalue weighted by atomic mass is 9.72. The van der Waals surface area contributed by atoms with E-state index in [1.807, 2.05) is 58.0 Å². The van der Waals surface area contributed by atoms with Crippen LogP contribution in [0.25, 0.3) is 0 Å². The predicted molar refractivity (Wildman–Crippen MR) is 182 cm³/mol. The van der Waals surface area contributed by atoms with Gasteiger partial charge in [0, 0.05) is 38.0 Å². The van der Waals surface area contributed by atoms with E-state index in [4.69, 9.17) is 9.47 Å². The van der Waals surface area contributed by atoms with Crippen molar-refractivity contribution in [3.63, 3.8) is 0 Å². The number of rotatable bonds is 13. The van der Waals surface area contributed by atoms with Crippen molar-refractivity contribution < 1.29 is 38.2 Å². The zero-order chi connectivity index (χ0) is 36.4. The molecule has 2 atom stereocenters. The minimum absolute atomic E-state index is 0.00849. The maximum Gasteiger partial charge on any atom is 0.410 e. The SMILES string of the molecule is CC(C)C[C@@H](NC(=O)CNC(=O)[C@@H](Cc1ccccc1)NC(=O)OC(C)(C)C)C(=O)NCC(=O)N1CCC2(CC1)CN(C(=O)OC(C)C)C2. The van der Waals surface area contributed by atoms with Crippen LogP contribution in [0.3, 0.4) is 0 Å². The van der Waals surface area contributed by atoms with Crippen LogP contribution in [0.1, 0.15) is 73.3 Å². The maximum absolute atomic E-state index is 13.1. The second-order valence-electron chi connectivity index (χ2n) is 14.7. The topological polar surface area (TPSA) is 175 Å². The van der Waals surface area contributed by atoms with Gasteiger partial charge >= 0.3 is 12.2 Å². The van der Waals surface area contributed by atoms with Crippen LogP contribution in [0.5, 0.6) is 0 Å². The van der Waals surface area contributed by atoms with Crippen LogP contribution >= 0.6 is 0 Å². The molecule has 6 amide bonds. The summed E-state index contributed by atoms with van der Waals surface area (Å²) in [4.78, 5) is 80.1. The second kappa shape index (κ2) is 17.3. The van der Waals surface area contributed by atoms with E-state index in [0.29, 0.717) is 32.6 Å². The van der Waals surface area contributed by atoms with Crippen LogP contribution < -0.4 is 21.3 Å². The average molecular weight is 687 g/mol. The molecule has 14 heteroatoms. The van der Waals surface area contributed by atoms with Crippen LogP contribution in [-0.4, -0.2) is 109 Å². The summed E-state index contributed by atoms with van der Waals surface area (Å²) in [6.45, 7) is 14.2. The van der Waals surface area contributed by atoms with Gasteiger partial charge in [-0.25, -0.2) is 9.59 Å². The van der Waals surface area contributed by atoms with Crippen LogP contribution in [0.2, 0.25) is 0 Å². The third-order valence-electron chi connectivity index (χ3n) is 8.31. The number of amides is 6. The second-order valence-corrected chi connectivity index (χ2v) is 14.7. The van der Waals surface area contributed by atoms with Gasteiger partial charge in [-0.1, -0.05) is 44.2 Å². The first-order valence-electron chi connectivity index (χ1n) is 17.1. The number of hydrogen-bond donors (Lipinski definition) is 4. The Morgan fingerprint density at radius 2 is 1.41 bits per heavy atom. The highest BCUT2D eigenvalue weighted by molar-refractivity contribution is 5.93. The van der Waals surface area contributed by atoms with Crippen LogP contribution in [0.4, 0.5) is 9.59 Å². The summed E-state index contributed by atoms with van der Waals surface area (Å²) < 4.78 is 10.6. The number of likely N-dealkylation sites (tertiary alicyclic amines) is 2. The molecule has 2 aliphatic heterocycles. The van der Waals surface area contributed by atoms with E-state index in [-0.39, 0.29) is 42.4 Å². The number of benzene rings is 1. The van der Waals surface area contributed by atoms with Gasteiger partial charge in [0.15, 0.2) is 0 Å². The lowest BCUT2D eigenvalue weighted by molar-refractivity contribution is -0.137. The predicted octanol–water partition coefficient (Wildman–Crippen LogP) is 2.36. The molecule has 1 spiro atoms. The Hall–Kier alpha value is -4.36. The molecule has 1 aromatic carbocycles. The fourth-order valence-corrected chi connectivity index (χ4v) is 5.86. The molecule has 3 rings (SSSR count). The Kier molecular flexibility index (Phi) is 13.8. The minimum Gasteiger partial charge on any atom is -0.447 e. The molecule has 0 bridgehead atoms. The smallest absolute Gasteiger partial charge is 0.410 e. The summed E-state index contributed by atoms with van der Waals surface area (Å²) in [5, 5.41) is 10.5. The summed E-state index contributed by atoms with van der Waals surface area (Å²) in [5.41, 5.74) is 0.0227. The third-order valence-corrected chi connectivity index (χ3v) is 8.31. The summed E-state index contributed by atoms with van der Waals surface area (Å²) >= 11 is 0. The van der Waals surface area contributed by atoms with Crippen LogP contribution in [-0.2, 0) is 35.1 Å². The number of nitrogens with zero attached hydrogens (tertiary/aromatic N) is 2. The average Bonchev–Trinajstić information content (AvgIpc) is 2.99. The van der Waals surface area contributed by atoms with Gasteiger partial charge in [0.05, 0.1) is 19.2 Å². The van der Waals surface area contributed by atoms with Gasteiger partial charge in [0.25, 0.3) is 0 Å². The largest absolute Gasteiger partial charge is 0.447 e. The molecule has 0 radical (unpaired) electrons. The van der Waals surface area contributed by atoms with E-state index in [1.165, 1.54) is 0 Å². The molecule has 1 aromatic rings. The Morgan fingerprint density at radius 3 is 1.98 bits per heavy atom. The Bertz CT molecular complexity index is 1310. The molecular weight excluding hydrogens is 632 g/mol. The molecule has 0 aliphatic carbocycles. The summed E-state index contributed by atoms with van der Waals surface area (Å²) in [5.74, 6) is -1.85. The van der Waals surface area contributed by atoms with E-state index in [9.17, 15) is 28.8 Å². The first kappa shape index (κ1) is 39.1. The first-order valence-corrected chi connectivity index (χ1v) is 17.1. The summed E-state index contributed by atoms with van der Waals surface area (Å²) in [7, 11) is 0. The van der Waals surface area contributed by atoms with Gasteiger partial charge in [-0.3, -0.25) is 19.2 Å². The van der Waals surface area contributed by atoms with Crippen molar-refractivity contribution in [3.05, 3.63) is 35.9 Å². The summed E-state index contributed by atoms with van der Waals surface area (Å²) in [6.07, 6.45) is 0.756. The fraction of sp³-hybridized carbons (Fsp3) is 0.657. The molecule has 2 aliphatic rings. The zero-order valence-corrected chi connectivity index (χ0v) is 29.9. The molecule has 14 nitrogen and oxygen atoms in total. The molecule has 0 saturated carbocycles. The van der Waals surface area contributed by atoms with Gasteiger partial charge in [-0.15, -0.1) is 0 Å². The normalized spacial score (nSPS) is 16.7.